The number of aromatic nitrogens is 2. The quantitative estimate of drug-likeness (QED) is 0.808. The van der Waals surface area contributed by atoms with E-state index in [0.29, 0.717) is 6.54 Å². The lowest BCUT2D eigenvalue weighted by Gasteiger charge is -2.18. The molecule has 0 fully saturated rings. The maximum absolute atomic E-state index is 12.3. The monoisotopic (exact) mass is 302 g/mol. The van der Waals surface area contributed by atoms with Crippen molar-refractivity contribution in [3.05, 3.63) is 48.3 Å². The average Bonchev–Trinajstić information content (AvgIpc) is 2.93. The molecule has 0 aliphatic heterocycles. The molecule has 0 saturated heterocycles. The number of nitrogens with zero attached hydrogens (tertiary/aromatic N) is 2. The van der Waals surface area contributed by atoms with Crippen LogP contribution in [0.3, 0.4) is 0 Å². The summed E-state index contributed by atoms with van der Waals surface area (Å²) in [5, 5.41) is 9.99. The lowest BCUT2D eigenvalue weighted by Crippen LogP contribution is -2.40. The second-order valence-electron chi connectivity index (χ2n) is 5.16. The zero-order valence-corrected chi connectivity index (χ0v) is 13.1. The molecule has 0 aliphatic rings. The highest BCUT2D eigenvalue weighted by Crippen LogP contribution is 2.12. The Morgan fingerprint density at radius 1 is 1.36 bits per heavy atom. The first-order valence-corrected chi connectivity index (χ1v) is 7.25. The van der Waals surface area contributed by atoms with E-state index in [1.54, 1.807) is 17.9 Å². The number of carbonyl (C=O) groups excluding carboxylic acids is 1. The smallest absolute Gasteiger partial charge is 0.241 e. The third-order valence-electron chi connectivity index (χ3n) is 3.25. The predicted molar refractivity (Wildman–Crippen MR) is 84.6 cm³/mol. The molecule has 2 N–H and O–H groups in total. The van der Waals surface area contributed by atoms with Crippen molar-refractivity contribution in [3.63, 3.8) is 0 Å². The molecule has 2 unspecified atom stereocenters. The number of likely N-dealkylation sites (N-methyl/N-ethyl adjacent to an activating group) is 1. The van der Waals surface area contributed by atoms with Crippen LogP contribution in [-0.2, 0) is 11.8 Å². The van der Waals surface area contributed by atoms with Crippen molar-refractivity contribution < 1.29 is 9.53 Å². The van der Waals surface area contributed by atoms with Gasteiger partial charge >= 0.3 is 0 Å². The number of aryl methyl sites for hydroxylation is 1. The number of ether oxygens (including phenoxy) is 1. The molecule has 22 heavy (non-hydrogen) atoms. The Kier molecular flexibility index (Phi) is 5.55. The van der Waals surface area contributed by atoms with Crippen molar-refractivity contribution in [3.8, 4) is 5.75 Å². The Hall–Kier alpha value is -2.34. The van der Waals surface area contributed by atoms with Crippen LogP contribution < -0.4 is 15.4 Å². The zero-order chi connectivity index (χ0) is 15.9. The van der Waals surface area contributed by atoms with Crippen LogP contribution in [0.4, 0.5) is 0 Å². The van der Waals surface area contributed by atoms with Crippen LogP contribution in [-0.4, -0.2) is 35.4 Å². The summed E-state index contributed by atoms with van der Waals surface area (Å²) in [6.45, 7) is 2.36. The van der Waals surface area contributed by atoms with Crippen LogP contribution in [0.5, 0.6) is 5.75 Å². The number of amides is 1. The van der Waals surface area contributed by atoms with Crippen molar-refractivity contribution in [1.29, 1.82) is 0 Å². The van der Waals surface area contributed by atoms with Crippen LogP contribution in [0, 0.1) is 0 Å². The van der Waals surface area contributed by atoms with Gasteiger partial charge in [-0.2, -0.15) is 5.10 Å². The van der Waals surface area contributed by atoms with Crippen LogP contribution in [0.2, 0.25) is 0 Å². The SMILES string of the molecule is CNC(C(=O)NCC(C)Oc1ccccc1)c1cnn(C)c1. The van der Waals surface area contributed by atoms with E-state index >= 15 is 0 Å². The number of nitrogens with one attached hydrogen (secondary N) is 2. The summed E-state index contributed by atoms with van der Waals surface area (Å²) >= 11 is 0. The predicted octanol–water partition coefficient (Wildman–Crippen LogP) is 1.26. The highest BCUT2D eigenvalue weighted by molar-refractivity contribution is 5.83. The maximum atomic E-state index is 12.3. The molecule has 2 atom stereocenters. The lowest BCUT2D eigenvalue weighted by atomic mass is 10.1. The molecule has 0 aliphatic carbocycles. The third kappa shape index (κ3) is 4.33. The molecular weight excluding hydrogens is 280 g/mol. The zero-order valence-electron chi connectivity index (χ0n) is 13.1. The van der Waals surface area contributed by atoms with Gasteiger partial charge in [0.05, 0.1) is 12.7 Å². The Morgan fingerprint density at radius 3 is 2.68 bits per heavy atom. The van der Waals surface area contributed by atoms with E-state index in [-0.39, 0.29) is 12.0 Å². The van der Waals surface area contributed by atoms with Gasteiger partial charge in [0.2, 0.25) is 5.91 Å². The number of hydrogen-bond acceptors (Lipinski definition) is 4. The van der Waals surface area contributed by atoms with Crippen LogP contribution in [0.1, 0.15) is 18.5 Å². The summed E-state index contributed by atoms with van der Waals surface area (Å²) in [7, 11) is 3.57. The van der Waals surface area contributed by atoms with E-state index in [9.17, 15) is 4.79 Å². The summed E-state index contributed by atoms with van der Waals surface area (Å²) in [6.07, 6.45) is 3.40. The summed E-state index contributed by atoms with van der Waals surface area (Å²) in [4.78, 5) is 12.3. The summed E-state index contributed by atoms with van der Waals surface area (Å²) in [5.74, 6) is 0.695. The molecule has 0 radical (unpaired) electrons. The highest BCUT2D eigenvalue weighted by atomic mass is 16.5. The van der Waals surface area contributed by atoms with Crippen molar-refractivity contribution in [1.82, 2.24) is 20.4 Å². The number of hydrogen-bond donors (Lipinski definition) is 2. The fourth-order valence-corrected chi connectivity index (χ4v) is 2.16. The molecule has 2 rings (SSSR count). The molecule has 1 heterocycles. The molecule has 1 aromatic carbocycles. The Labute approximate surface area is 130 Å². The molecule has 0 spiro atoms. The normalized spacial score (nSPS) is 13.4. The first-order chi connectivity index (χ1) is 10.6. The minimum Gasteiger partial charge on any atom is -0.489 e. The minimum atomic E-state index is -0.419. The molecule has 1 aromatic heterocycles. The van der Waals surface area contributed by atoms with E-state index in [4.69, 9.17) is 4.74 Å². The van der Waals surface area contributed by atoms with Gasteiger partial charge < -0.3 is 15.4 Å². The highest BCUT2D eigenvalue weighted by Gasteiger charge is 2.20. The fourth-order valence-electron chi connectivity index (χ4n) is 2.16. The van der Waals surface area contributed by atoms with Gasteiger partial charge in [-0.05, 0) is 26.1 Å². The van der Waals surface area contributed by atoms with Crippen molar-refractivity contribution in [2.45, 2.75) is 19.1 Å². The number of rotatable bonds is 7. The van der Waals surface area contributed by atoms with E-state index in [0.717, 1.165) is 11.3 Å². The molecule has 118 valence electrons. The Bertz CT molecular complexity index is 597. The fraction of sp³-hybridized carbons (Fsp3) is 0.375. The Balaban J connectivity index is 1.85. The summed E-state index contributed by atoms with van der Waals surface area (Å²) in [5.41, 5.74) is 0.833. The van der Waals surface area contributed by atoms with Crippen LogP contribution in [0.15, 0.2) is 42.7 Å². The first-order valence-electron chi connectivity index (χ1n) is 7.25. The van der Waals surface area contributed by atoms with Gasteiger partial charge in [0.15, 0.2) is 0 Å². The van der Waals surface area contributed by atoms with Gasteiger partial charge in [0.1, 0.15) is 17.9 Å². The molecular formula is C16H22N4O2. The van der Waals surface area contributed by atoms with Gasteiger partial charge in [0, 0.05) is 18.8 Å². The Morgan fingerprint density at radius 2 is 2.09 bits per heavy atom. The van der Waals surface area contributed by atoms with Crippen molar-refractivity contribution in [2.24, 2.45) is 7.05 Å². The van der Waals surface area contributed by atoms with E-state index in [2.05, 4.69) is 15.7 Å². The lowest BCUT2D eigenvalue weighted by molar-refractivity contribution is -0.123. The number of benzene rings is 1. The standard InChI is InChI=1S/C16H22N4O2/c1-12(22-14-7-5-4-6-8-14)9-18-16(21)15(17-2)13-10-19-20(3)11-13/h4-8,10-12,15,17H,9H2,1-3H3,(H,18,21). The molecule has 1 amide bonds. The molecule has 6 heteroatoms. The maximum Gasteiger partial charge on any atom is 0.241 e. The number of carbonyl (C=O) groups is 1. The largest absolute Gasteiger partial charge is 0.489 e. The van der Waals surface area contributed by atoms with Gasteiger partial charge in [-0.25, -0.2) is 0 Å². The van der Waals surface area contributed by atoms with E-state index in [1.165, 1.54) is 0 Å². The molecule has 0 saturated carbocycles. The third-order valence-corrected chi connectivity index (χ3v) is 3.25. The first kappa shape index (κ1) is 16.0. The van der Waals surface area contributed by atoms with E-state index < -0.39 is 6.04 Å². The molecule has 6 nitrogen and oxygen atoms in total. The average molecular weight is 302 g/mol. The van der Waals surface area contributed by atoms with E-state index in [1.807, 2.05) is 50.5 Å². The van der Waals surface area contributed by atoms with Gasteiger partial charge in [-0.1, -0.05) is 18.2 Å². The second-order valence-corrected chi connectivity index (χ2v) is 5.16. The van der Waals surface area contributed by atoms with Gasteiger partial charge in [-0.3, -0.25) is 9.48 Å². The van der Waals surface area contributed by atoms with Crippen molar-refractivity contribution in [2.75, 3.05) is 13.6 Å². The summed E-state index contributed by atoms with van der Waals surface area (Å²) in [6, 6.07) is 9.14. The van der Waals surface area contributed by atoms with Crippen molar-refractivity contribution >= 4 is 5.91 Å². The molecule has 0 bridgehead atoms. The molecule has 2 aromatic rings. The van der Waals surface area contributed by atoms with Gasteiger partial charge in [0.25, 0.3) is 0 Å². The minimum absolute atomic E-state index is 0.0981. The summed E-state index contributed by atoms with van der Waals surface area (Å²) < 4.78 is 7.41. The van der Waals surface area contributed by atoms with Crippen LogP contribution >= 0.6 is 0 Å². The van der Waals surface area contributed by atoms with Gasteiger partial charge in [-0.15, -0.1) is 0 Å². The van der Waals surface area contributed by atoms with Crippen LogP contribution in [0.25, 0.3) is 0 Å². The number of para-hydroxylation sites is 1. The second kappa shape index (κ2) is 7.61. The topological polar surface area (TPSA) is 68.2 Å².